The molecule has 1 aromatic heterocycles. The molecular formula is C8H12N2O2. The third kappa shape index (κ3) is 1.65. The van der Waals surface area contributed by atoms with Crippen molar-refractivity contribution in [2.45, 2.75) is 6.92 Å². The number of rotatable bonds is 2. The fourth-order valence-corrected chi connectivity index (χ4v) is 0.862. The molecule has 0 aromatic carbocycles. The van der Waals surface area contributed by atoms with E-state index in [0.717, 1.165) is 5.76 Å². The Bertz CT molecular complexity index is 280. The summed E-state index contributed by atoms with van der Waals surface area (Å²) in [5.41, 5.74) is 5.18. The molecule has 1 amide bonds. The second-order valence-corrected chi connectivity index (χ2v) is 2.54. The lowest BCUT2D eigenvalue weighted by Gasteiger charge is -2.11. The number of carbonyl (C=O) groups excluding carboxylic acids is 1. The monoisotopic (exact) mass is 168 g/mol. The summed E-state index contributed by atoms with van der Waals surface area (Å²) >= 11 is 0. The number of amides is 1. The molecular weight excluding hydrogens is 156 g/mol. The number of carbonyl (C=O) groups is 1. The van der Waals surface area contributed by atoms with Crippen molar-refractivity contribution in [1.29, 1.82) is 0 Å². The zero-order valence-electron chi connectivity index (χ0n) is 7.20. The van der Waals surface area contributed by atoms with Gasteiger partial charge in [0, 0.05) is 13.1 Å². The van der Waals surface area contributed by atoms with Gasteiger partial charge in [-0.25, -0.2) is 0 Å². The predicted molar refractivity (Wildman–Crippen MR) is 45.9 cm³/mol. The molecule has 0 unspecified atom stereocenters. The van der Waals surface area contributed by atoms with Crippen LogP contribution in [0.2, 0.25) is 0 Å². The van der Waals surface area contributed by atoms with Crippen LogP contribution in [0.3, 0.4) is 0 Å². The van der Waals surface area contributed by atoms with Gasteiger partial charge in [0.2, 0.25) is 11.8 Å². The van der Waals surface area contributed by atoms with E-state index in [1.165, 1.54) is 4.90 Å². The van der Waals surface area contributed by atoms with Crippen LogP contribution in [0.1, 0.15) is 5.76 Å². The number of nitrogens with two attached hydrogens (primary N) is 1. The third-order valence-corrected chi connectivity index (χ3v) is 1.61. The lowest BCUT2D eigenvalue weighted by atomic mass is 10.5. The van der Waals surface area contributed by atoms with Crippen LogP contribution in [0.4, 0.5) is 5.88 Å². The molecule has 0 fully saturated rings. The van der Waals surface area contributed by atoms with Gasteiger partial charge < -0.3 is 10.2 Å². The van der Waals surface area contributed by atoms with Gasteiger partial charge in [-0.3, -0.25) is 9.69 Å². The Kier molecular flexibility index (Phi) is 2.50. The van der Waals surface area contributed by atoms with Crippen LogP contribution in [-0.4, -0.2) is 19.5 Å². The van der Waals surface area contributed by atoms with Crippen molar-refractivity contribution >= 4 is 11.8 Å². The number of hydrogen-bond acceptors (Lipinski definition) is 3. The largest absolute Gasteiger partial charge is 0.445 e. The van der Waals surface area contributed by atoms with Crippen molar-refractivity contribution in [2.75, 3.05) is 18.5 Å². The molecule has 0 saturated heterocycles. The normalized spacial score (nSPS) is 9.92. The fourth-order valence-electron chi connectivity index (χ4n) is 0.862. The van der Waals surface area contributed by atoms with Gasteiger partial charge in [-0.15, -0.1) is 0 Å². The molecule has 4 heteroatoms. The first-order valence-corrected chi connectivity index (χ1v) is 3.68. The number of likely N-dealkylation sites (N-methyl/N-ethyl adjacent to an activating group) is 1. The van der Waals surface area contributed by atoms with Gasteiger partial charge in [-0.1, -0.05) is 0 Å². The highest BCUT2D eigenvalue weighted by Crippen LogP contribution is 2.15. The number of furan rings is 1. The van der Waals surface area contributed by atoms with E-state index in [-0.39, 0.29) is 12.5 Å². The summed E-state index contributed by atoms with van der Waals surface area (Å²) in [4.78, 5) is 12.5. The van der Waals surface area contributed by atoms with Gasteiger partial charge >= 0.3 is 0 Å². The first kappa shape index (κ1) is 8.80. The quantitative estimate of drug-likeness (QED) is 0.699. The van der Waals surface area contributed by atoms with E-state index < -0.39 is 0 Å². The maximum atomic E-state index is 11.1. The first-order valence-electron chi connectivity index (χ1n) is 3.68. The molecule has 0 aliphatic heterocycles. The van der Waals surface area contributed by atoms with Crippen LogP contribution < -0.4 is 10.6 Å². The molecule has 0 aliphatic carbocycles. The van der Waals surface area contributed by atoms with E-state index in [0.29, 0.717) is 5.88 Å². The number of hydrogen-bond donors (Lipinski definition) is 1. The Labute approximate surface area is 70.9 Å². The zero-order valence-corrected chi connectivity index (χ0v) is 7.20. The highest BCUT2D eigenvalue weighted by molar-refractivity contribution is 5.92. The Morgan fingerprint density at radius 3 is 2.75 bits per heavy atom. The first-order chi connectivity index (χ1) is 5.65. The second kappa shape index (κ2) is 3.40. The van der Waals surface area contributed by atoms with E-state index >= 15 is 0 Å². The third-order valence-electron chi connectivity index (χ3n) is 1.61. The van der Waals surface area contributed by atoms with Crippen molar-refractivity contribution in [3.8, 4) is 0 Å². The van der Waals surface area contributed by atoms with Crippen LogP contribution in [-0.2, 0) is 4.79 Å². The molecule has 0 bridgehead atoms. The SMILES string of the molecule is Cc1ccc(N(C)C(=O)CN)o1. The van der Waals surface area contributed by atoms with Gasteiger partial charge in [-0.2, -0.15) is 0 Å². The molecule has 0 atom stereocenters. The molecule has 0 aliphatic rings. The summed E-state index contributed by atoms with van der Waals surface area (Å²) in [6.07, 6.45) is 0. The predicted octanol–water partition coefficient (Wildman–Crippen LogP) is 0.510. The summed E-state index contributed by atoms with van der Waals surface area (Å²) in [5, 5.41) is 0. The molecule has 4 nitrogen and oxygen atoms in total. The van der Waals surface area contributed by atoms with Gasteiger partial charge in [0.25, 0.3) is 0 Å². The fraction of sp³-hybridized carbons (Fsp3) is 0.375. The van der Waals surface area contributed by atoms with Crippen molar-refractivity contribution < 1.29 is 9.21 Å². The van der Waals surface area contributed by atoms with Gasteiger partial charge in [-0.05, 0) is 13.0 Å². The molecule has 2 N–H and O–H groups in total. The van der Waals surface area contributed by atoms with Gasteiger partial charge in [0.05, 0.1) is 6.54 Å². The van der Waals surface area contributed by atoms with E-state index in [4.69, 9.17) is 10.2 Å². The summed E-state index contributed by atoms with van der Waals surface area (Å²) < 4.78 is 5.22. The molecule has 1 heterocycles. The number of nitrogens with zero attached hydrogens (tertiary/aromatic N) is 1. The Hall–Kier alpha value is -1.29. The smallest absolute Gasteiger partial charge is 0.242 e. The summed E-state index contributed by atoms with van der Waals surface area (Å²) in [6.45, 7) is 1.82. The topological polar surface area (TPSA) is 59.5 Å². The summed E-state index contributed by atoms with van der Waals surface area (Å²) in [7, 11) is 1.63. The maximum Gasteiger partial charge on any atom is 0.242 e. The van der Waals surface area contributed by atoms with E-state index in [1.54, 1.807) is 19.2 Å². The Balaban J connectivity index is 2.77. The Morgan fingerprint density at radius 1 is 1.67 bits per heavy atom. The molecule has 12 heavy (non-hydrogen) atoms. The van der Waals surface area contributed by atoms with Crippen LogP contribution in [0.25, 0.3) is 0 Å². The van der Waals surface area contributed by atoms with Crippen LogP contribution in [0.15, 0.2) is 16.5 Å². The van der Waals surface area contributed by atoms with Gasteiger partial charge in [0.15, 0.2) is 0 Å². The highest BCUT2D eigenvalue weighted by atomic mass is 16.4. The average molecular weight is 168 g/mol. The van der Waals surface area contributed by atoms with E-state index in [2.05, 4.69) is 0 Å². The average Bonchev–Trinajstić information content (AvgIpc) is 2.49. The molecule has 1 rings (SSSR count). The van der Waals surface area contributed by atoms with Crippen LogP contribution >= 0.6 is 0 Å². The highest BCUT2D eigenvalue weighted by Gasteiger charge is 2.11. The minimum absolute atomic E-state index is 0.00372. The minimum atomic E-state index is -0.163. The van der Waals surface area contributed by atoms with Crippen LogP contribution in [0.5, 0.6) is 0 Å². The van der Waals surface area contributed by atoms with E-state index in [9.17, 15) is 4.79 Å². The zero-order chi connectivity index (χ0) is 9.14. The lowest BCUT2D eigenvalue weighted by Crippen LogP contribution is -2.32. The van der Waals surface area contributed by atoms with E-state index in [1.807, 2.05) is 6.92 Å². The molecule has 0 spiro atoms. The second-order valence-electron chi connectivity index (χ2n) is 2.54. The standard InChI is InChI=1S/C8H12N2O2/c1-6-3-4-8(12-6)10(2)7(11)5-9/h3-4H,5,9H2,1-2H3. The van der Waals surface area contributed by atoms with Crippen LogP contribution in [0, 0.1) is 6.92 Å². The number of anilines is 1. The molecule has 66 valence electrons. The maximum absolute atomic E-state index is 11.1. The Morgan fingerprint density at radius 2 is 2.33 bits per heavy atom. The molecule has 0 saturated carbocycles. The van der Waals surface area contributed by atoms with Crippen molar-refractivity contribution in [3.63, 3.8) is 0 Å². The van der Waals surface area contributed by atoms with Crippen molar-refractivity contribution in [2.24, 2.45) is 5.73 Å². The molecule has 1 aromatic rings. The van der Waals surface area contributed by atoms with Crippen molar-refractivity contribution in [3.05, 3.63) is 17.9 Å². The molecule has 0 radical (unpaired) electrons. The summed E-state index contributed by atoms with van der Waals surface area (Å²) in [5.74, 6) is 1.15. The minimum Gasteiger partial charge on any atom is -0.445 e. The number of aryl methyl sites for hydroxylation is 1. The van der Waals surface area contributed by atoms with Gasteiger partial charge in [0.1, 0.15) is 5.76 Å². The lowest BCUT2D eigenvalue weighted by molar-refractivity contribution is -0.117. The summed E-state index contributed by atoms with van der Waals surface area (Å²) in [6, 6.07) is 3.54. The van der Waals surface area contributed by atoms with Crippen molar-refractivity contribution in [1.82, 2.24) is 0 Å².